The molecule has 0 aromatic heterocycles. The van der Waals surface area contributed by atoms with Crippen LogP contribution in [0.2, 0.25) is 20.1 Å². The van der Waals surface area contributed by atoms with Gasteiger partial charge in [0.1, 0.15) is 0 Å². The Bertz CT molecular complexity index is 584. The molecule has 2 rings (SSSR count). The molecular formula is C14H11Cl4N. The second kappa shape index (κ2) is 6.83. The van der Waals surface area contributed by atoms with Gasteiger partial charge >= 0.3 is 0 Å². The van der Waals surface area contributed by atoms with Crippen molar-refractivity contribution in [2.45, 2.75) is 13.1 Å². The molecule has 0 saturated carbocycles. The standard InChI is InChI=1S/C14H11Cl4N/c15-11-4-2-1-3-9(11)7-19-8-10-12(16)5-6-13(17)14(10)18/h1-6,19H,7-8H2. The summed E-state index contributed by atoms with van der Waals surface area (Å²) < 4.78 is 0. The number of benzene rings is 2. The zero-order valence-corrected chi connectivity index (χ0v) is 12.9. The highest BCUT2D eigenvalue weighted by atomic mass is 35.5. The molecule has 0 aliphatic rings. The monoisotopic (exact) mass is 333 g/mol. The molecule has 0 saturated heterocycles. The van der Waals surface area contributed by atoms with Crippen LogP contribution in [0.3, 0.4) is 0 Å². The van der Waals surface area contributed by atoms with Crippen LogP contribution in [-0.2, 0) is 13.1 Å². The average molecular weight is 335 g/mol. The topological polar surface area (TPSA) is 12.0 Å². The molecule has 0 fully saturated rings. The summed E-state index contributed by atoms with van der Waals surface area (Å²) in [6, 6.07) is 11.1. The summed E-state index contributed by atoms with van der Waals surface area (Å²) >= 11 is 24.3. The summed E-state index contributed by atoms with van der Waals surface area (Å²) in [6.07, 6.45) is 0. The predicted molar refractivity (Wildman–Crippen MR) is 83.5 cm³/mol. The van der Waals surface area contributed by atoms with Crippen LogP contribution in [0.15, 0.2) is 36.4 Å². The molecule has 0 radical (unpaired) electrons. The van der Waals surface area contributed by atoms with E-state index < -0.39 is 0 Å². The summed E-state index contributed by atoms with van der Waals surface area (Å²) in [4.78, 5) is 0. The maximum absolute atomic E-state index is 6.13. The fourth-order valence-electron chi connectivity index (χ4n) is 1.70. The number of halogens is 4. The molecule has 0 atom stereocenters. The van der Waals surface area contributed by atoms with Crippen LogP contribution in [0.25, 0.3) is 0 Å². The van der Waals surface area contributed by atoms with Gasteiger partial charge in [0.15, 0.2) is 0 Å². The van der Waals surface area contributed by atoms with E-state index in [0.29, 0.717) is 28.2 Å². The first-order chi connectivity index (χ1) is 9.09. The first kappa shape index (κ1) is 15.0. The average Bonchev–Trinajstić information content (AvgIpc) is 2.40. The molecule has 0 aliphatic heterocycles. The van der Waals surface area contributed by atoms with Crippen molar-refractivity contribution in [3.63, 3.8) is 0 Å². The molecule has 100 valence electrons. The lowest BCUT2D eigenvalue weighted by Gasteiger charge is -2.10. The molecule has 1 N–H and O–H groups in total. The molecule has 1 nitrogen and oxygen atoms in total. The molecule has 19 heavy (non-hydrogen) atoms. The van der Waals surface area contributed by atoms with E-state index in [4.69, 9.17) is 46.4 Å². The molecule has 2 aromatic carbocycles. The molecule has 0 aliphatic carbocycles. The van der Waals surface area contributed by atoms with Crippen LogP contribution in [0.1, 0.15) is 11.1 Å². The van der Waals surface area contributed by atoms with Gasteiger partial charge < -0.3 is 5.32 Å². The molecule has 0 heterocycles. The second-order valence-corrected chi connectivity index (χ2v) is 5.62. The molecular weight excluding hydrogens is 324 g/mol. The van der Waals surface area contributed by atoms with Crippen molar-refractivity contribution in [2.75, 3.05) is 0 Å². The Morgan fingerprint density at radius 2 is 1.42 bits per heavy atom. The minimum absolute atomic E-state index is 0.487. The van der Waals surface area contributed by atoms with Gasteiger partial charge in [-0.25, -0.2) is 0 Å². The number of hydrogen-bond donors (Lipinski definition) is 1. The molecule has 5 heteroatoms. The maximum Gasteiger partial charge on any atom is 0.0652 e. The van der Waals surface area contributed by atoms with Gasteiger partial charge in [0.05, 0.1) is 10.0 Å². The van der Waals surface area contributed by atoms with Crippen molar-refractivity contribution in [1.82, 2.24) is 5.32 Å². The fraction of sp³-hybridized carbons (Fsp3) is 0.143. The molecule has 0 spiro atoms. The lowest BCUT2D eigenvalue weighted by molar-refractivity contribution is 0.694. The van der Waals surface area contributed by atoms with Gasteiger partial charge in [-0.3, -0.25) is 0 Å². The highest BCUT2D eigenvalue weighted by Gasteiger charge is 2.09. The predicted octanol–water partition coefficient (Wildman–Crippen LogP) is 5.59. The van der Waals surface area contributed by atoms with Gasteiger partial charge in [0, 0.05) is 28.7 Å². The van der Waals surface area contributed by atoms with E-state index in [9.17, 15) is 0 Å². The first-order valence-electron chi connectivity index (χ1n) is 5.66. The maximum atomic E-state index is 6.13. The molecule has 0 unspecified atom stereocenters. The summed E-state index contributed by atoms with van der Waals surface area (Å²) in [5, 5.41) is 5.58. The summed E-state index contributed by atoms with van der Waals surface area (Å²) in [5.74, 6) is 0. The lowest BCUT2D eigenvalue weighted by atomic mass is 10.2. The normalized spacial score (nSPS) is 10.7. The Kier molecular flexibility index (Phi) is 5.37. The largest absolute Gasteiger partial charge is 0.308 e. The van der Waals surface area contributed by atoms with Crippen LogP contribution in [0.5, 0.6) is 0 Å². The van der Waals surface area contributed by atoms with Crippen molar-refractivity contribution in [3.8, 4) is 0 Å². The Morgan fingerprint density at radius 3 is 2.16 bits per heavy atom. The highest BCUT2D eigenvalue weighted by Crippen LogP contribution is 2.31. The van der Waals surface area contributed by atoms with Gasteiger partial charge in [-0.2, -0.15) is 0 Å². The number of nitrogens with one attached hydrogen (secondary N) is 1. The molecule has 0 bridgehead atoms. The van der Waals surface area contributed by atoms with Crippen LogP contribution >= 0.6 is 46.4 Å². The smallest absolute Gasteiger partial charge is 0.0652 e. The van der Waals surface area contributed by atoms with Gasteiger partial charge in [-0.1, -0.05) is 64.6 Å². The van der Waals surface area contributed by atoms with Crippen LogP contribution < -0.4 is 5.32 Å². The quantitative estimate of drug-likeness (QED) is 0.718. The highest BCUT2D eigenvalue weighted by molar-refractivity contribution is 6.44. The zero-order valence-electron chi connectivity index (χ0n) is 9.89. The Morgan fingerprint density at radius 1 is 0.737 bits per heavy atom. The lowest BCUT2D eigenvalue weighted by Crippen LogP contribution is -2.13. The van der Waals surface area contributed by atoms with E-state index in [0.717, 1.165) is 16.1 Å². The third kappa shape index (κ3) is 3.77. The summed E-state index contributed by atoms with van der Waals surface area (Å²) in [7, 11) is 0. The minimum Gasteiger partial charge on any atom is -0.308 e. The van der Waals surface area contributed by atoms with E-state index in [-0.39, 0.29) is 0 Å². The molecule has 0 amide bonds. The minimum atomic E-state index is 0.487. The summed E-state index contributed by atoms with van der Waals surface area (Å²) in [5.41, 5.74) is 1.82. The fourth-order valence-corrected chi connectivity index (χ4v) is 2.58. The van der Waals surface area contributed by atoms with E-state index in [1.165, 1.54) is 0 Å². The van der Waals surface area contributed by atoms with Gasteiger partial charge in [0.2, 0.25) is 0 Å². The van der Waals surface area contributed by atoms with Crippen molar-refractivity contribution in [2.24, 2.45) is 0 Å². The van der Waals surface area contributed by atoms with Gasteiger partial charge in [-0.05, 0) is 23.8 Å². The van der Waals surface area contributed by atoms with Crippen molar-refractivity contribution in [1.29, 1.82) is 0 Å². The van der Waals surface area contributed by atoms with E-state index in [1.807, 2.05) is 24.3 Å². The molecule has 2 aromatic rings. The third-order valence-corrected chi connectivity index (χ3v) is 4.28. The van der Waals surface area contributed by atoms with E-state index in [1.54, 1.807) is 12.1 Å². The summed E-state index contributed by atoms with van der Waals surface area (Å²) in [6.45, 7) is 1.17. The van der Waals surface area contributed by atoms with Crippen LogP contribution in [0, 0.1) is 0 Å². The van der Waals surface area contributed by atoms with Crippen molar-refractivity contribution >= 4 is 46.4 Å². The number of rotatable bonds is 4. The SMILES string of the molecule is Clc1ccccc1CNCc1c(Cl)ccc(Cl)c1Cl. The van der Waals surface area contributed by atoms with Gasteiger partial charge in [-0.15, -0.1) is 0 Å². The third-order valence-electron chi connectivity index (χ3n) is 2.71. The van der Waals surface area contributed by atoms with Crippen molar-refractivity contribution < 1.29 is 0 Å². The second-order valence-electron chi connectivity index (χ2n) is 4.02. The van der Waals surface area contributed by atoms with Gasteiger partial charge in [0.25, 0.3) is 0 Å². The van der Waals surface area contributed by atoms with Crippen LogP contribution in [0.4, 0.5) is 0 Å². The zero-order chi connectivity index (χ0) is 13.8. The van der Waals surface area contributed by atoms with Crippen molar-refractivity contribution in [3.05, 3.63) is 67.6 Å². The van der Waals surface area contributed by atoms with E-state index in [2.05, 4.69) is 5.32 Å². The van der Waals surface area contributed by atoms with Crippen LogP contribution in [-0.4, -0.2) is 0 Å². The Hall–Kier alpha value is -0.440. The first-order valence-corrected chi connectivity index (χ1v) is 7.17. The Labute approximate surface area is 132 Å². The van der Waals surface area contributed by atoms with E-state index >= 15 is 0 Å². The Balaban J connectivity index is 2.04. The number of hydrogen-bond acceptors (Lipinski definition) is 1.